The van der Waals surface area contributed by atoms with Crippen molar-refractivity contribution in [3.05, 3.63) is 48.0 Å². The lowest BCUT2D eigenvalue weighted by molar-refractivity contribution is 0.131. The highest BCUT2D eigenvalue weighted by Gasteiger charge is 2.12. The Morgan fingerprint density at radius 1 is 0.952 bits per heavy atom. The SMILES string of the molecule is COc1ccccc1Nc1ccc(OC(C)(C)C)cc1C. The predicted octanol–water partition coefficient (Wildman–Crippen LogP) is 4.92. The van der Waals surface area contributed by atoms with E-state index in [9.17, 15) is 0 Å². The van der Waals surface area contributed by atoms with Crippen molar-refractivity contribution in [3.63, 3.8) is 0 Å². The van der Waals surface area contributed by atoms with Crippen molar-refractivity contribution in [1.82, 2.24) is 0 Å². The van der Waals surface area contributed by atoms with E-state index in [4.69, 9.17) is 9.47 Å². The summed E-state index contributed by atoms with van der Waals surface area (Å²) in [5, 5.41) is 3.40. The third-order valence-corrected chi connectivity index (χ3v) is 3.00. The first kappa shape index (κ1) is 15.2. The van der Waals surface area contributed by atoms with Crippen LogP contribution < -0.4 is 14.8 Å². The molecule has 0 aliphatic rings. The van der Waals surface area contributed by atoms with Gasteiger partial charge < -0.3 is 14.8 Å². The minimum Gasteiger partial charge on any atom is -0.495 e. The quantitative estimate of drug-likeness (QED) is 0.864. The van der Waals surface area contributed by atoms with Crippen LogP contribution >= 0.6 is 0 Å². The summed E-state index contributed by atoms with van der Waals surface area (Å²) in [5.41, 5.74) is 2.93. The van der Waals surface area contributed by atoms with Crippen LogP contribution in [0.15, 0.2) is 42.5 Å². The summed E-state index contributed by atoms with van der Waals surface area (Å²) in [5.74, 6) is 1.71. The van der Waals surface area contributed by atoms with Gasteiger partial charge in [-0.1, -0.05) is 12.1 Å². The smallest absolute Gasteiger partial charge is 0.142 e. The number of benzene rings is 2. The van der Waals surface area contributed by atoms with Crippen LogP contribution in [0.5, 0.6) is 11.5 Å². The minimum absolute atomic E-state index is 0.190. The fraction of sp³-hybridized carbons (Fsp3) is 0.333. The zero-order chi connectivity index (χ0) is 15.5. The fourth-order valence-electron chi connectivity index (χ4n) is 2.09. The van der Waals surface area contributed by atoms with Gasteiger partial charge in [-0.15, -0.1) is 0 Å². The molecule has 0 bridgehead atoms. The van der Waals surface area contributed by atoms with Crippen LogP contribution in [0.2, 0.25) is 0 Å². The molecule has 2 rings (SSSR count). The molecule has 0 spiro atoms. The summed E-state index contributed by atoms with van der Waals surface area (Å²) in [4.78, 5) is 0. The molecule has 0 fully saturated rings. The summed E-state index contributed by atoms with van der Waals surface area (Å²) < 4.78 is 11.2. The standard InChI is InChI=1S/C18H23NO2/c1-13-12-14(21-18(2,3)4)10-11-15(13)19-16-8-6-7-9-17(16)20-5/h6-12,19H,1-5H3. The van der Waals surface area contributed by atoms with E-state index in [1.165, 1.54) is 0 Å². The minimum atomic E-state index is -0.190. The van der Waals surface area contributed by atoms with Gasteiger partial charge in [-0.3, -0.25) is 0 Å². The Morgan fingerprint density at radius 2 is 1.67 bits per heavy atom. The second-order valence-electron chi connectivity index (χ2n) is 6.02. The average molecular weight is 285 g/mol. The van der Waals surface area contributed by atoms with Gasteiger partial charge in [-0.25, -0.2) is 0 Å². The first-order valence-electron chi connectivity index (χ1n) is 7.09. The Kier molecular flexibility index (Phi) is 4.41. The van der Waals surface area contributed by atoms with Gasteiger partial charge in [0, 0.05) is 5.69 Å². The molecule has 3 nitrogen and oxygen atoms in total. The Bertz CT molecular complexity index is 615. The van der Waals surface area contributed by atoms with E-state index in [0.29, 0.717) is 0 Å². The maximum Gasteiger partial charge on any atom is 0.142 e. The number of nitrogens with one attached hydrogen (secondary N) is 1. The van der Waals surface area contributed by atoms with Gasteiger partial charge in [0.2, 0.25) is 0 Å². The van der Waals surface area contributed by atoms with Crippen LogP contribution in [0.1, 0.15) is 26.3 Å². The molecule has 0 atom stereocenters. The van der Waals surface area contributed by atoms with E-state index in [-0.39, 0.29) is 5.60 Å². The Hall–Kier alpha value is -2.16. The van der Waals surface area contributed by atoms with Crippen molar-refractivity contribution in [1.29, 1.82) is 0 Å². The average Bonchev–Trinajstić information content (AvgIpc) is 2.40. The maximum atomic E-state index is 5.88. The summed E-state index contributed by atoms with van der Waals surface area (Å²) in [6.07, 6.45) is 0. The fourth-order valence-corrected chi connectivity index (χ4v) is 2.09. The Balaban J connectivity index is 2.22. The van der Waals surface area contributed by atoms with Gasteiger partial charge in [0.1, 0.15) is 17.1 Å². The van der Waals surface area contributed by atoms with Gasteiger partial charge >= 0.3 is 0 Å². The molecule has 0 aliphatic heterocycles. The van der Waals surface area contributed by atoms with Gasteiger partial charge in [0.15, 0.2) is 0 Å². The second kappa shape index (κ2) is 6.08. The lowest BCUT2D eigenvalue weighted by Crippen LogP contribution is -2.22. The molecule has 2 aromatic carbocycles. The van der Waals surface area contributed by atoms with Crippen molar-refractivity contribution in [2.24, 2.45) is 0 Å². The number of rotatable bonds is 4. The van der Waals surface area contributed by atoms with Gasteiger partial charge in [-0.2, -0.15) is 0 Å². The zero-order valence-corrected chi connectivity index (χ0v) is 13.4. The molecular weight excluding hydrogens is 262 g/mol. The number of methoxy groups -OCH3 is 1. The molecule has 0 saturated carbocycles. The number of ether oxygens (including phenoxy) is 2. The molecule has 0 heterocycles. The summed E-state index contributed by atoms with van der Waals surface area (Å²) >= 11 is 0. The first-order chi connectivity index (χ1) is 9.89. The molecule has 112 valence electrons. The van der Waals surface area contributed by atoms with E-state index in [2.05, 4.69) is 12.2 Å². The monoisotopic (exact) mass is 285 g/mol. The highest BCUT2D eigenvalue weighted by Crippen LogP contribution is 2.30. The van der Waals surface area contributed by atoms with Crippen molar-refractivity contribution >= 4 is 11.4 Å². The predicted molar refractivity (Wildman–Crippen MR) is 87.8 cm³/mol. The van der Waals surface area contributed by atoms with E-state index in [1.54, 1.807) is 7.11 Å². The number of anilines is 2. The third kappa shape index (κ3) is 4.15. The summed E-state index contributed by atoms with van der Waals surface area (Å²) in [7, 11) is 1.67. The highest BCUT2D eigenvalue weighted by atomic mass is 16.5. The number of aryl methyl sites for hydroxylation is 1. The maximum absolute atomic E-state index is 5.88. The van der Waals surface area contributed by atoms with Crippen LogP contribution in [-0.4, -0.2) is 12.7 Å². The Morgan fingerprint density at radius 3 is 2.29 bits per heavy atom. The zero-order valence-electron chi connectivity index (χ0n) is 13.4. The second-order valence-corrected chi connectivity index (χ2v) is 6.02. The van der Waals surface area contributed by atoms with Crippen LogP contribution in [0.4, 0.5) is 11.4 Å². The largest absolute Gasteiger partial charge is 0.495 e. The molecule has 1 N–H and O–H groups in total. The van der Waals surface area contributed by atoms with Crippen LogP contribution in [0, 0.1) is 6.92 Å². The molecule has 21 heavy (non-hydrogen) atoms. The molecule has 0 unspecified atom stereocenters. The van der Waals surface area contributed by atoms with Gasteiger partial charge in [0.05, 0.1) is 12.8 Å². The van der Waals surface area contributed by atoms with Crippen LogP contribution in [-0.2, 0) is 0 Å². The van der Waals surface area contributed by atoms with E-state index < -0.39 is 0 Å². The van der Waals surface area contributed by atoms with Gasteiger partial charge in [0.25, 0.3) is 0 Å². The first-order valence-corrected chi connectivity index (χ1v) is 7.09. The van der Waals surface area contributed by atoms with Crippen molar-refractivity contribution < 1.29 is 9.47 Å². The van der Waals surface area contributed by atoms with Crippen molar-refractivity contribution in [2.75, 3.05) is 12.4 Å². The van der Waals surface area contributed by atoms with Crippen LogP contribution in [0.25, 0.3) is 0 Å². The number of hydrogen-bond acceptors (Lipinski definition) is 3. The lowest BCUT2D eigenvalue weighted by Gasteiger charge is -2.22. The summed E-state index contributed by atoms with van der Waals surface area (Å²) in [6, 6.07) is 13.9. The summed E-state index contributed by atoms with van der Waals surface area (Å²) in [6.45, 7) is 8.20. The molecule has 0 radical (unpaired) electrons. The van der Waals surface area contributed by atoms with E-state index in [1.807, 2.05) is 63.2 Å². The van der Waals surface area contributed by atoms with Crippen LogP contribution in [0.3, 0.4) is 0 Å². The van der Waals surface area contributed by atoms with Crippen molar-refractivity contribution in [3.8, 4) is 11.5 Å². The number of hydrogen-bond donors (Lipinski definition) is 1. The van der Waals surface area contributed by atoms with E-state index in [0.717, 1.165) is 28.4 Å². The topological polar surface area (TPSA) is 30.5 Å². The lowest BCUT2D eigenvalue weighted by atomic mass is 10.1. The molecular formula is C18H23NO2. The molecule has 0 aliphatic carbocycles. The highest BCUT2D eigenvalue weighted by molar-refractivity contribution is 5.68. The molecule has 0 saturated heterocycles. The number of para-hydroxylation sites is 2. The van der Waals surface area contributed by atoms with E-state index >= 15 is 0 Å². The molecule has 2 aromatic rings. The van der Waals surface area contributed by atoms with Gasteiger partial charge in [-0.05, 0) is 63.6 Å². The normalized spacial score (nSPS) is 11.1. The van der Waals surface area contributed by atoms with Crippen molar-refractivity contribution in [2.45, 2.75) is 33.3 Å². The molecule has 0 aromatic heterocycles. The third-order valence-electron chi connectivity index (χ3n) is 3.00. The Labute approximate surface area is 126 Å². The molecule has 3 heteroatoms. The molecule has 0 amide bonds.